The van der Waals surface area contributed by atoms with E-state index in [1.165, 1.54) is 30.5 Å². The van der Waals surface area contributed by atoms with Crippen LogP contribution in [0.2, 0.25) is 0 Å². The van der Waals surface area contributed by atoms with Crippen LogP contribution in [0.5, 0.6) is 0 Å². The molecule has 1 heterocycles. The standard InChI is InChI=1S/C19H32N4.HI/c1-4-20-19(22-15-18-7-6-14-23(18)5-2)21-13-12-17-10-8-16(3)9-11-17;/h8-11,18H,4-7,12-15H2,1-3H3,(H2,20,21,22);1H. The van der Waals surface area contributed by atoms with E-state index in [2.05, 4.69) is 60.6 Å². The SMILES string of the molecule is CCNC(=NCC1CCCN1CC)NCCc1ccc(C)cc1.I. The number of nitrogens with one attached hydrogen (secondary N) is 2. The molecule has 1 unspecified atom stereocenters. The Bertz CT molecular complexity index is 487. The highest BCUT2D eigenvalue weighted by molar-refractivity contribution is 14.0. The predicted octanol–water partition coefficient (Wildman–Crippen LogP) is 3.19. The predicted molar refractivity (Wildman–Crippen MR) is 115 cm³/mol. The van der Waals surface area contributed by atoms with Crippen molar-refractivity contribution in [3.05, 3.63) is 35.4 Å². The number of aryl methyl sites for hydroxylation is 1. The Morgan fingerprint density at radius 3 is 2.62 bits per heavy atom. The molecule has 2 N–H and O–H groups in total. The number of hydrogen-bond donors (Lipinski definition) is 2. The van der Waals surface area contributed by atoms with Crippen molar-refractivity contribution in [2.24, 2.45) is 4.99 Å². The van der Waals surface area contributed by atoms with Gasteiger partial charge in [-0.05, 0) is 51.8 Å². The minimum absolute atomic E-state index is 0. The van der Waals surface area contributed by atoms with E-state index in [4.69, 9.17) is 4.99 Å². The van der Waals surface area contributed by atoms with E-state index in [0.717, 1.165) is 38.6 Å². The number of guanidine groups is 1. The van der Waals surface area contributed by atoms with Gasteiger partial charge in [0.1, 0.15) is 0 Å². The van der Waals surface area contributed by atoms with Gasteiger partial charge in [-0.3, -0.25) is 9.89 Å². The summed E-state index contributed by atoms with van der Waals surface area (Å²) >= 11 is 0. The summed E-state index contributed by atoms with van der Waals surface area (Å²) in [5.41, 5.74) is 2.68. The van der Waals surface area contributed by atoms with Crippen molar-refractivity contribution in [2.45, 2.75) is 46.1 Å². The Morgan fingerprint density at radius 1 is 1.21 bits per heavy atom. The van der Waals surface area contributed by atoms with Gasteiger partial charge in [-0.15, -0.1) is 24.0 Å². The van der Waals surface area contributed by atoms with Crippen molar-refractivity contribution < 1.29 is 0 Å². The van der Waals surface area contributed by atoms with E-state index >= 15 is 0 Å². The molecular formula is C19H33IN4. The van der Waals surface area contributed by atoms with E-state index in [0.29, 0.717) is 6.04 Å². The second-order valence-electron chi connectivity index (χ2n) is 6.31. The first-order valence-corrected chi connectivity index (χ1v) is 9.04. The lowest BCUT2D eigenvalue weighted by Crippen LogP contribution is -2.40. The van der Waals surface area contributed by atoms with Gasteiger partial charge < -0.3 is 10.6 Å². The average molecular weight is 444 g/mol. The monoisotopic (exact) mass is 444 g/mol. The molecule has 0 amide bonds. The van der Waals surface area contributed by atoms with Gasteiger partial charge in [-0.1, -0.05) is 36.8 Å². The highest BCUT2D eigenvalue weighted by atomic mass is 127. The van der Waals surface area contributed by atoms with Gasteiger partial charge in [0, 0.05) is 19.1 Å². The smallest absolute Gasteiger partial charge is 0.191 e. The minimum Gasteiger partial charge on any atom is -0.357 e. The third-order valence-corrected chi connectivity index (χ3v) is 4.54. The van der Waals surface area contributed by atoms with Crippen molar-refractivity contribution in [1.29, 1.82) is 0 Å². The number of halogens is 1. The fourth-order valence-electron chi connectivity index (χ4n) is 3.14. The van der Waals surface area contributed by atoms with E-state index in [1.54, 1.807) is 0 Å². The summed E-state index contributed by atoms with van der Waals surface area (Å²) in [5.74, 6) is 0.947. The summed E-state index contributed by atoms with van der Waals surface area (Å²) in [7, 11) is 0. The first-order chi connectivity index (χ1) is 11.2. The van der Waals surface area contributed by atoms with Crippen molar-refractivity contribution in [3.63, 3.8) is 0 Å². The first-order valence-electron chi connectivity index (χ1n) is 9.04. The summed E-state index contributed by atoms with van der Waals surface area (Å²) < 4.78 is 0. The van der Waals surface area contributed by atoms with Crippen LogP contribution >= 0.6 is 24.0 Å². The summed E-state index contributed by atoms with van der Waals surface area (Å²) in [6, 6.07) is 9.38. The summed E-state index contributed by atoms with van der Waals surface area (Å²) in [5, 5.41) is 6.82. The van der Waals surface area contributed by atoms with Crippen molar-refractivity contribution in [3.8, 4) is 0 Å². The average Bonchev–Trinajstić information content (AvgIpc) is 3.02. The van der Waals surface area contributed by atoms with Crippen LogP contribution in [0.25, 0.3) is 0 Å². The van der Waals surface area contributed by atoms with E-state index < -0.39 is 0 Å². The molecule has 0 saturated carbocycles. The molecule has 2 rings (SSSR count). The molecule has 5 heteroatoms. The molecule has 0 spiro atoms. The lowest BCUT2D eigenvalue weighted by Gasteiger charge is -2.21. The van der Waals surface area contributed by atoms with Gasteiger partial charge in [0.25, 0.3) is 0 Å². The Balaban J connectivity index is 0.00000288. The van der Waals surface area contributed by atoms with E-state index in [1.807, 2.05) is 0 Å². The van der Waals surface area contributed by atoms with Gasteiger partial charge in [-0.2, -0.15) is 0 Å². The van der Waals surface area contributed by atoms with Crippen molar-refractivity contribution >= 4 is 29.9 Å². The van der Waals surface area contributed by atoms with Crippen LogP contribution in [0.15, 0.2) is 29.3 Å². The summed E-state index contributed by atoms with van der Waals surface area (Å²) in [6.45, 7) is 11.6. The molecule has 1 aliphatic rings. The zero-order chi connectivity index (χ0) is 16.5. The third-order valence-electron chi connectivity index (χ3n) is 4.54. The molecule has 1 aromatic rings. The molecule has 1 aromatic carbocycles. The van der Waals surface area contributed by atoms with Crippen molar-refractivity contribution in [2.75, 3.05) is 32.7 Å². The zero-order valence-corrected chi connectivity index (χ0v) is 17.7. The lowest BCUT2D eigenvalue weighted by atomic mass is 10.1. The fourth-order valence-corrected chi connectivity index (χ4v) is 3.14. The van der Waals surface area contributed by atoms with Gasteiger partial charge >= 0.3 is 0 Å². The maximum atomic E-state index is 4.79. The number of nitrogens with zero attached hydrogens (tertiary/aromatic N) is 2. The van der Waals surface area contributed by atoms with Gasteiger partial charge in [0.2, 0.25) is 0 Å². The van der Waals surface area contributed by atoms with E-state index in [9.17, 15) is 0 Å². The number of hydrogen-bond acceptors (Lipinski definition) is 2. The van der Waals surface area contributed by atoms with E-state index in [-0.39, 0.29) is 24.0 Å². The number of rotatable bonds is 7. The Labute approximate surface area is 164 Å². The molecule has 0 bridgehead atoms. The maximum Gasteiger partial charge on any atom is 0.191 e. The Hall–Kier alpha value is -0.820. The van der Waals surface area contributed by atoms with Crippen molar-refractivity contribution in [1.82, 2.24) is 15.5 Å². The van der Waals surface area contributed by atoms with Gasteiger partial charge in [-0.25, -0.2) is 0 Å². The molecule has 0 aliphatic carbocycles. The van der Waals surface area contributed by atoms with Crippen LogP contribution < -0.4 is 10.6 Å². The molecule has 136 valence electrons. The molecule has 1 saturated heterocycles. The molecule has 0 aromatic heterocycles. The van der Waals surface area contributed by atoms with Crippen LogP contribution in [0.1, 0.15) is 37.8 Å². The van der Waals surface area contributed by atoms with Gasteiger partial charge in [0.15, 0.2) is 5.96 Å². The van der Waals surface area contributed by atoms with Gasteiger partial charge in [0.05, 0.1) is 6.54 Å². The number of likely N-dealkylation sites (tertiary alicyclic amines) is 1. The van der Waals surface area contributed by atoms with Crippen LogP contribution in [0.4, 0.5) is 0 Å². The normalized spacial score (nSPS) is 18.3. The molecule has 1 aliphatic heterocycles. The summed E-state index contributed by atoms with van der Waals surface area (Å²) in [6.07, 6.45) is 3.61. The first kappa shape index (κ1) is 21.2. The fraction of sp³-hybridized carbons (Fsp3) is 0.632. The second-order valence-corrected chi connectivity index (χ2v) is 6.31. The largest absolute Gasteiger partial charge is 0.357 e. The number of likely N-dealkylation sites (N-methyl/N-ethyl adjacent to an activating group) is 1. The minimum atomic E-state index is 0. The molecule has 0 radical (unpaired) electrons. The molecule has 4 nitrogen and oxygen atoms in total. The zero-order valence-electron chi connectivity index (χ0n) is 15.3. The quantitative estimate of drug-likeness (QED) is 0.386. The molecule has 24 heavy (non-hydrogen) atoms. The highest BCUT2D eigenvalue weighted by Gasteiger charge is 2.22. The number of benzene rings is 1. The maximum absolute atomic E-state index is 4.79. The van der Waals surface area contributed by atoms with Crippen LogP contribution in [0, 0.1) is 6.92 Å². The molecular weight excluding hydrogens is 411 g/mol. The third kappa shape index (κ3) is 6.97. The molecule has 1 atom stereocenters. The molecule has 1 fully saturated rings. The van der Waals surface area contributed by atoms with Crippen LogP contribution in [-0.2, 0) is 6.42 Å². The lowest BCUT2D eigenvalue weighted by molar-refractivity contribution is 0.273. The highest BCUT2D eigenvalue weighted by Crippen LogP contribution is 2.16. The second kappa shape index (κ2) is 11.7. The number of aliphatic imine (C=N–C) groups is 1. The Kier molecular flexibility index (Phi) is 10.3. The summed E-state index contributed by atoms with van der Waals surface area (Å²) in [4.78, 5) is 7.33. The van der Waals surface area contributed by atoms with Crippen LogP contribution in [-0.4, -0.2) is 49.6 Å². The topological polar surface area (TPSA) is 39.7 Å². The van der Waals surface area contributed by atoms with Crippen LogP contribution in [0.3, 0.4) is 0 Å². The Morgan fingerprint density at radius 2 is 1.96 bits per heavy atom.